The van der Waals surface area contributed by atoms with Crippen LogP contribution in [-0.2, 0) is 20.6 Å². The first kappa shape index (κ1) is 21.0. The number of carbonyl (C=O) groups excluding carboxylic acids is 1. The molecule has 0 fully saturated rings. The van der Waals surface area contributed by atoms with Crippen LogP contribution in [0.5, 0.6) is 0 Å². The lowest BCUT2D eigenvalue weighted by molar-refractivity contribution is -0.115. The Hall–Kier alpha value is -2.77. The number of nitrogens with one attached hydrogen (secondary N) is 2. The summed E-state index contributed by atoms with van der Waals surface area (Å²) >= 11 is 1.55. The molecule has 29 heavy (non-hydrogen) atoms. The van der Waals surface area contributed by atoms with Gasteiger partial charge in [-0.15, -0.1) is 11.8 Å². The zero-order chi connectivity index (χ0) is 20.7. The van der Waals surface area contributed by atoms with Gasteiger partial charge in [0, 0.05) is 17.1 Å². The number of amides is 1. The zero-order valence-corrected chi connectivity index (χ0v) is 17.5. The molecule has 3 rings (SSSR count). The maximum Gasteiger partial charge on any atom is 0.261 e. The van der Waals surface area contributed by atoms with Crippen LogP contribution in [0.4, 0.5) is 11.4 Å². The lowest BCUT2D eigenvalue weighted by Crippen LogP contribution is -2.22. The third kappa shape index (κ3) is 6.10. The molecule has 150 valence electrons. The minimum absolute atomic E-state index is 0.121. The highest BCUT2D eigenvalue weighted by Crippen LogP contribution is 2.21. The van der Waals surface area contributed by atoms with Crippen molar-refractivity contribution in [1.82, 2.24) is 0 Å². The van der Waals surface area contributed by atoms with E-state index in [0.717, 1.165) is 11.3 Å². The Morgan fingerprint density at radius 2 is 1.45 bits per heavy atom. The largest absolute Gasteiger partial charge is 0.325 e. The second-order valence-electron chi connectivity index (χ2n) is 6.42. The molecule has 0 aliphatic heterocycles. The Morgan fingerprint density at radius 1 is 0.862 bits per heavy atom. The molecule has 0 spiro atoms. The molecule has 0 bridgehead atoms. The molecule has 1 amide bonds. The van der Waals surface area contributed by atoms with E-state index in [-0.39, 0.29) is 16.1 Å². The fraction of sp³-hybridized carbons (Fsp3) is 0.136. The number of para-hydroxylation sites is 1. The Bertz CT molecular complexity index is 1040. The first-order valence-corrected chi connectivity index (χ1v) is 11.6. The quantitative estimate of drug-likeness (QED) is 0.545. The van der Waals surface area contributed by atoms with Crippen molar-refractivity contribution >= 4 is 39.1 Å². The van der Waals surface area contributed by atoms with E-state index in [2.05, 4.69) is 10.0 Å². The smallest absolute Gasteiger partial charge is 0.261 e. The van der Waals surface area contributed by atoms with Gasteiger partial charge in [0.05, 0.1) is 10.1 Å². The maximum absolute atomic E-state index is 12.5. The highest BCUT2D eigenvalue weighted by Gasteiger charge is 2.16. The molecule has 0 saturated carbocycles. The predicted molar refractivity (Wildman–Crippen MR) is 120 cm³/mol. The Kier molecular flexibility index (Phi) is 6.95. The van der Waals surface area contributed by atoms with E-state index in [9.17, 15) is 13.2 Å². The second kappa shape index (κ2) is 9.62. The van der Waals surface area contributed by atoms with Crippen molar-refractivity contribution in [1.29, 1.82) is 0 Å². The van der Waals surface area contributed by atoms with Crippen LogP contribution in [0.1, 0.15) is 12.5 Å². The summed E-state index contributed by atoms with van der Waals surface area (Å²) in [6.07, 6.45) is 0. The molecule has 3 aromatic carbocycles. The second-order valence-corrected chi connectivity index (χ2v) is 9.44. The number of thioether (sulfide) groups is 1. The van der Waals surface area contributed by atoms with Crippen molar-refractivity contribution in [3.05, 3.63) is 90.5 Å². The molecule has 0 saturated heterocycles. The highest BCUT2D eigenvalue weighted by atomic mass is 32.2. The van der Waals surface area contributed by atoms with Crippen molar-refractivity contribution in [2.75, 3.05) is 10.0 Å². The zero-order valence-electron chi connectivity index (χ0n) is 15.9. The van der Waals surface area contributed by atoms with Gasteiger partial charge >= 0.3 is 0 Å². The highest BCUT2D eigenvalue weighted by molar-refractivity contribution is 7.99. The maximum atomic E-state index is 12.5. The topological polar surface area (TPSA) is 75.3 Å². The summed E-state index contributed by atoms with van der Waals surface area (Å²) in [6.45, 7) is 1.85. The number of benzene rings is 3. The Morgan fingerprint density at radius 3 is 2.07 bits per heavy atom. The van der Waals surface area contributed by atoms with Crippen molar-refractivity contribution < 1.29 is 13.2 Å². The molecule has 5 nitrogen and oxygen atoms in total. The van der Waals surface area contributed by atoms with E-state index in [1.165, 1.54) is 12.1 Å². The van der Waals surface area contributed by atoms with Gasteiger partial charge in [-0.2, -0.15) is 0 Å². The lowest BCUT2D eigenvalue weighted by atomic mass is 10.2. The molecular formula is C22H22N2O3S2. The Labute approximate surface area is 175 Å². The average Bonchev–Trinajstić information content (AvgIpc) is 2.73. The fourth-order valence-electron chi connectivity index (χ4n) is 2.55. The van der Waals surface area contributed by atoms with E-state index < -0.39 is 10.0 Å². The van der Waals surface area contributed by atoms with E-state index >= 15 is 0 Å². The summed E-state index contributed by atoms with van der Waals surface area (Å²) in [5, 5.41) is 2.59. The van der Waals surface area contributed by atoms with Gasteiger partial charge in [-0.1, -0.05) is 48.5 Å². The molecule has 0 radical (unpaired) electrons. The number of hydrogen-bond donors (Lipinski definition) is 2. The standard InChI is InChI=1S/C22H22N2O3S2/c1-17(28-16-18-8-4-2-5-9-18)22(25)23-19-12-14-21(15-13-19)29(26,27)24-20-10-6-3-7-11-20/h2-15,17,24H,16H2,1H3,(H,23,25)/t17-/m0/s1. The monoisotopic (exact) mass is 426 g/mol. The van der Waals surface area contributed by atoms with Crippen LogP contribution < -0.4 is 10.0 Å². The number of rotatable bonds is 8. The van der Waals surface area contributed by atoms with Crippen LogP contribution >= 0.6 is 11.8 Å². The van der Waals surface area contributed by atoms with Crippen molar-refractivity contribution in [3.8, 4) is 0 Å². The summed E-state index contributed by atoms with van der Waals surface area (Å²) in [5.74, 6) is 0.626. The molecule has 3 aromatic rings. The molecule has 1 atom stereocenters. The van der Waals surface area contributed by atoms with E-state index in [1.807, 2.05) is 43.3 Å². The molecule has 2 N–H and O–H groups in total. The number of carbonyl (C=O) groups is 1. The van der Waals surface area contributed by atoms with Crippen LogP contribution in [0.25, 0.3) is 0 Å². The molecular weight excluding hydrogens is 404 g/mol. The van der Waals surface area contributed by atoms with E-state index in [1.54, 1.807) is 48.2 Å². The lowest BCUT2D eigenvalue weighted by Gasteiger charge is -2.13. The van der Waals surface area contributed by atoms with Crippen molar-refractivity contribution in [2.45, 2.75) is 22.8 Å². The van der Waals surface area contributed by atoms with Crippen molar-refractivity contribution in [2.24, 2.45) is 0 Å². The van der Waals surface area contributed by atoms with Gasteiger partial charge in [-0.3, -0.25) is 9.52 Å². The van der Waals surface area contributed by atoms with Crippen molar-refractivity contribution in [3.63, 3.8) is 0 Å². The van der Waals surface area contributed by atoms with E-state index in [4.69, 9.17) is 0 Å². The predicted octanol–water partition coefficient (Wildman–Crippen LogP) is 4.75. The summed E-state index contributed by atoms with van der Waals surface area (Å²) in [5.41, 5.74) is 2.22. The third-order valence-electron chi connectivity index (χ3n) is 4.17. The SMILES string of the molecule is C[C@H](SCc1ccccc1)C(=O)Nc1ccc(S(=O)(=O)Nc2ccccc2)cc1. The minimum atomic E-state index is -3.68. The van der Waals surface area contributed by atoms with Gasteiger partial charge in [0.15, 0.2) is 0 Å². The van der Waals surface area contributed by atoms with Crippen LogP contribution in [0.2, 0.25) is 0 Å². The molecule has 0 aliphatic carbocycles. The van der Waals surface area contributed by atoms with Gasteiger partial charge in [-0.25, -0.2) is 8.42 Å². The minimum Gasteiger partial charge on any atom is -0.325 e. The first-order valence-electron chi connectivity index (χ1n) is 9.08. The fourth-order valence-corrected chi connectivity index (χ4v) is 4.46. The normalized spacial score (nSPS) is 12.2. The van der Waals surface area contributed by atoms with Gasteiger partial charge < -0.3 is 5.32 Å². The molecule has 0 aromatic heterocycles. The van der Waals surface area contributed by atoms with Crippen LogP contribution in [0, 0.1) is 0 Å². The summed E-state index contributed by atoms with van der Waals surface area (Å²) in [6, 6.07) is 24.8. The first-order chi connectivity index (χ1) is 13.9. The molecule has 0 unspecified atom stereocenters. The van der Waals surface area contributed by atoms with E-state index in [0.29, 0.717) is 11.4 Å². The van der Waals surface area contributed by atoms with Gasteiger partial charge in [-0.05, 0) is 48.9 Å². The third-order valence-corrected chi connectivity index (χ3v) is 6.78. The molecule has 7 heteroatoms. The number of hydrogen-bond acceptors (Lipinski definition) is 4. The summed E-state index contributed by atoms with van der Waals surface area (Å²) < 4.78 is 27.4. The van der Waals surface area contributed by atoms with Crippen LogP contribution in [-0.4, -0.2) is 19.6 Å². The van der Waals surface area contributed by atoms with Gasteiger partial charge in [0.1, 0.15) is 0 Å². The van der Waals surface area contributed by atoms with Gasteiger partial charge in [0.25, 0.3) is 10.0 Å². The molecule has 0 heterocycles. The van der Waals surface area contributed by atoms with Crippen LogP contribution in [0.3, 0.4) is 0 Å². The Balaban J connectivity index is 1.57. The van der Waals surface area contributed by atoms with Crippen LogP contribution in [0.15, 0.2) is 89.8 Å². The van der Waals surface area contributed by atoms with Gasteiger partial charge in [0.2, 0.25) is 5.91 Å². The summed E-state index contributed by atoms with van der Waals surface area (Å²) in [4.78, 5) is 12.5. The number of anilines is 2. The summed E-state index contributed by atoms with van der Waals surface area (Å²) in [7, 11) is -3.68. The molecule has 0 aliphatic rings. The number of sulfonamides is 1. The average molecular weight is 427 g/mol.